The summed E-state index contributed by atoms with van der Waals surface area (Å²) < 4.78 is 5.39. The first-order valence-electron chi connectivity index (χ1n) is 8.54. The Bertz CT molecular complexity index is 453. The molecule has 2 N–H and O–H groups in total. The van der Waals surface area contributed by atoms with Crippen molar-refractivity contribution in [3.05, 3.63) is 35.9 Å². The number of nitrogens with one attached hydrogen (secondary N) is 1. The van der Waals surface area contributed by atoms with Crippen molar-refractivity contribution in [2.75, 3.05) is 26.2 Å². The molecule has 0 aromatic heterocycles. The second-order valence-corrected chi connectivity index (χ2v) is 6.04. The third-order valence-electron chi connectivity index (χ3n) is 4.48. The number of hydrogen-bond acceptors (Lipinski definition) is 4. The number of carbonyl (C=O) groups is 1. The van der Waals surface area contributed by atoms with Crippen LogP contribution in [0.25, 0.3) is 0 Å². The van der Waals surface area contributed by atoms with Crippen LogP contribution in [-0.2, 0) is 11.3 Å². The average Bonchev–Trinajstić information content (AvgIpc) is 2.60. The van der Waals surface area contributed by atoms with Crippen LogP contribution in [0.5, 0.6) is 0 Å². The molecule has 0 aliphatic carbocycles. The van der Waals surface area contributed by atoms with Crippen molar-refractivity contribution in [3.63, 3.8) is 0 Å². The van der Waals surface area contributed by atoms with Crippen molar-refractivity contribution < 1.29 is 14.6 Å². The molecule has 128 valence electrons. The van der Waals surface area contributed by atoms with Gasteiger partial charge < -0.3 is 20.1 Å². The maximum absolute atomic E-state index is 12.1. The normalized spacial score (nSPS) is 17.0. The highest BCUT2D eigenvalue weighted by Crippen LogP contribution is 2.23. The van der Waals surface area contributed by atoms with Gasteiger partial charge in [0.1, 0.15) is 6.61 Å². The number of ether oxygens (including phenoxy) is 1. The fraction of sp³-hybridized carbons (Fsp3) is 0.611. The number of amides is 1. The Morgan fingerprint density at radius 2 is 2.04 bits per heavy atom. The molecule has 1 fully saturated rings. The van der Waals surface area contributed by atoms with Crippen LogP contribution in [0, 0.1) is 5.92 Å². The molecular weight excluding hydrogens is 292 g/mol. The smallest absolute Gasteiger partial charge is 0.410 e. The van der Waals surface area contributed by atoms with Gasteiger partial charge in [-0.05, 0) is 37.3 Å². The summed E-state index contributed by atoms with van der Waals surface area (Å²) >= 11 is 0. The molecule has 5 heteroatoms. The molecule has 0 radical (unpaired) electrons. The van der Waals surface area contributed by atoms with Crippen molar-refractivity contribution in [2.24, 2.45) is 5.92 Å². The van der Waals surface area contributed by atoms with Crippen molar-refractivity contribution >= 4 is 6.09 Å². The molecule has 5 nitrogen and oxygen atoms in total. The SMILES string of the molecule is CCN[C@@H](CCO)C1CCN(C(=O)OCc2ccccc2)CC1. The molecule has 1 atom stereocenters. The molecule has 1 aliphatic rings. The summed E-state index contributed by atoms with van der Waals surface area (Å²) in [6, 6.07) is 10.1. The van der Waals surface area contributed by atoms with Crippen LogP contribution in [0.15, 0.2) is 30.3 Å². The number of rotatable bonds is 7. The van der Waals surface area contributed by atoms with Crippen molar-refractivity contribution in [1.29, 1.82) is 0 Å². The van der Waals surface area contributed by atoms with E-state index in [4.69, 9.17) is 4.74 Å². The lowest BCUT2D eigenvalue weighted by molar-refractivity contribution is 0.0764. The van der Waals surface area contributed by atoms with E-state index in [1.807, 2.05) is 30.3 Å². The van der Waals surface area contributed by atoms with E-state index in [1.54, 1.807) is 4.90 Å². The molecule has 1 saturated heterocycles. The molecule has 1 aromatic carbocycles. The Hall–Kier alpha value is -1.59. The van der Waals surface area contributed by atoms with Crippen molar-refractivity contribution in [1.82, 2.24) is 10.2 Å². The van der Waals surface area contributed by atoms with Crippen LogP contribution in [0.4, 0.5) is 4.79 Å². The molecule has 0 spiro atoms. The van der Waals surface area contributed by atoms with E-state index < -0.39 is 0 Å². The summed E-state index contributed by atoms with van der Waals surface area (Å²) in [4.78, 5) is 13.9. The molecule has 2 rings (SSSR count). The highest BCUT2D eigenvalue weighted by atomic mass is 16.6. The van der Waals surface area contributed by atoms with Gasteiger partial charge in [0.25, 0.3) is 0 Å². The minimum Gasteiger partial charge on any atom is -0.445 e. The highest BCUT2D eigenvalue weighted by molar-refractivity contribution is 5.67. The summed E-state index contributed by atoms with van der Waals surface area (Å²) in [5.74, 6) is 0.514. The van der Waals surface area contributed by atoms with Gasteiger partial charge in [-0.3, -0.25) is 0 Å². The lowest BCUT2D eigenvalue weighted by Crippen LogP contribution is -2.45. The number of benzene rings is 1. The van der Waals surface area contributed by atoms with Crippen LogP contribution in [0.1, 0.15) is 31.7 Å². The third-order valence-corrected chi connectivity index (χ3v) is 4.48. The first kappa shape index (κ1) is 17.8. The van der Waals surface area contributed by atoms with Gasteiger partial charge in [-0.1, -0.05) is 37.3 Å². The molecule has 23 heavy (non-hydrogen) atoms. The summed E-state index contributed by atoms with van der Waals surface area (Å²) in [6.45, 7) is 4.98. The van der Waals surface area contributed by atoms with Gasteiger partial charge in [-0.15, -0.1) is 0 Å². The van der Waals surface area contributed by atoms with Crippen LogP contribution >= 0.6 is 0 Å². The maximum Gasteiger partial charge on any atom is 0.410 e. The number of likely N-dealkylation sites (tertiary alicyclic amines) is 1. The Labute approximate surface area is 138 Å². The van der Waals surface area contributed by atoms with Gasteiger partial charge in [-0.25, -0.2) is 4.79 Å². The van der Waals surface area contributed by atoms with E-state index in [1.165, 1.54) is 0 Å². The number of nitrogens with zero attached hydrogens (tertiary/aromatic N) is 1. The standard InChI is InChI=1S/C18H28N2O3/c1-2-19-17(10-13-21)16-8-11-20(12-9-16)18(22)23-14-15-6-4-3-5-7-15/h3-7,16-17,19,21H,2,8-14H2,1H3/t17-/m0/s1. The van der Waals surface area contributed by atoms with Crippen molar-refractivity contribution in [2.45, 2.75) is 38.8 Å². The van der Waals surface area contributed by atoms with E-state index in [2.05, 4.69) is 12.2 Å². The summed E-state index contributed by atoms with van der Waals surface area (Å²) in [6.07, 6.45) is 2.46. The van der Waals surface area contributed by atoms with Gasteiger partial charge in [-0.2, -0.15) is 0 Å². The fourth-order valence-corrected chi connectivity index (χ4v) is 3.20. The molecule has 0 unspecified atom stereocenters. The van der Waals surface area contributed by atoms with Gasteiger partial charge in [0.05, 0.1) is 0 Å². The maximum atomic E-state index is 12.1. The number of aliphatic hydroxyl groups is 1. The predicted octanol–water partition coefficient (Wildman–Crippen LogP) is 2.40. The molecule has 1 aliphatic heterocycles. The molecule has 1 amide bonds. The number of aliphatic hydroxyl groups excluding tert-OH is 1. The highest BCUT2D eigenvalue weighted by Gasteiger charge is 2.28. The van der Waals surface area contributed by atoms with E-state index >= 15 is 0 Å². The van der Waals surface area contributed by atoms with Gasteiger partial charge >= 0.3 is 6.09 Å². The topological polar surface area (TPSA) is 61.8 Å². The minimum absolute atomic E-state index is 0.205. The van der Waals surface area contributed by atoms with E-state index in [0.717, 1.165) is 44.5 Å². The zero-order valence-electron chi connectivity index (χ0n) is 13.9. The number of hydrogen-bond donors (Lipinski definition) is 2. The minimum atomic E-state index is -0.227. The Morgan fingerprint density at radius 3 is 2.65 bits per heavy atom. The number of carbonyl (C=O) groups excluding carboxylic acids is 1. The molecule has 1 aromatic rings. The summed E-state index contributed by atoms with van der Waals surface area (Å²) in [7, 11) is 0. The van der Waals surface area contributed by atoms with Crippen LogP contribution in [0.3, 0.4) is 0 Å². The van der Waals surface area contributed by atoms with E-state index in [9.17, 15) is 9.90 Å². The van der Waals surface area contributed by atoms with Crippen LogP contribution in [0.2, 0.25) is 0 Å². The molecular formula is C18H28N2O3. The quantitative estimate of drug-likeness (QED) is 0.810. The third kappa shape index (κ3) is 5.52. The largest absolute Gasteiger partial charge is 0.445 e. The molecule has 0 saturated carbocycles. The Balaban J connectivity index is 1.75. The van der Waals surface area contributed by atoms with E-state index in [-0.39, 0.29) is 12.7 Å². The molecule has 0 bridgehead atoms. The predicted molar refractivity (Wildman–Crippen MR) is 90.1 cm³/mol. The number of piperidine rings is 1. The Morgan fingerprint density at radius 1 is 1.35 bits per heavy atom. The second kappa shape index (κ2) is 9.53. The molecule has 1 heterocycles. The first-order chi connectivity index (χ1) is 11.2. The monoisotopic (exact) mass is 320 g/mol. The van der Waals surface area contributed by atoms with Gasteiger partial charge in [0.15, 0.2) is 0 Å². The lowest BCUT2D eigenvalue weighted by atomic mass is 9.88. The zero-order chi connectivity index (χ0) is 16.5. The van der Waals surface area contributed by atoms with Gasteiger partial charge in [0.2, 0.25) is 0 Å². The fourth-order valence-electron chi connectivity index (χ4n) is 3.20. The lowest BCUT2D eigenvalue weighted by Gasteiger charge is -2.35. The van der Waals surface area contributed by atoms with E-state index in [0.29, 0.717) is 18.6 Å². The average molecular weight is 320 g/mol. The van der Waals surface area contributed by atoms with Gasteiger partial charge in [0, 0.05) is 25.7 Å². The summed E-state index contributed by atoms with van der Waals surface area (Å²) in [5.41, 5.74) is 1.01. The van der Waals surface area contributed by atoms with Crippen molar-refractivity contribution in [3.8, 4) is 0 Å². The summed E-state index contributed by atoms with van der Waals surface area (Å²) in [5, 5.41) is 12.6. The van der Waals surface area contributed by atoms with Crippen LogP contribution in [-0.4, -0.2) is 48.4 Å². The van der Waals surface area contributed by atoms with Crippen LogP contribution < -0.4 is 5.32 Å². The Kier molecular flexibility index (Phi) is 7.36. The second-order valence-electron chi connectivity index (χ2n) is 6.04. The zero-order valence-corrected chi connectivity index (χ0v) is 13.9. The first-order valence-corrected chi connectivity index (χ1v) is 8.54.